The monoisotopic (exact) mass is 283 g/mol. The van der Waals surface area contributed by atoms with Crippen LogP contribution in [0, 0.1) is 3.57 Å². The van der Waals surface area contributed by atoms with Crippen LogP contribution in [0.3, 0.4) is 0 Å². The van der Waals surface area contributed by atoms with Crippen LogP contribution in [-0.4, -0.2) is 4.43 Å². The fraction of sp³-hybridized carbons (Fsp3) is 0.167. The van der Waals surface area contributed by atoms with Crippen molar-refractivity contribution < 1.29 is 21.2 Å². The maximum Gasteiger partial charge on any atom is 0.313 e. The molecule has 0 heterocycles. The van der Waals surface area contributed by atoms with Gasteiger partial charge in [0.25, 0.3) is 0 Å². The van der Waals surface area contributed by atoms with Crippen molar-refractivity contribution in [1.82, 2.24) is 0 Å². The second-order valence-electron chi connectivity index (χ2n) is 2.86. The van der Waals surface area contributed by atoms with E-state index in [1.165, 1.54) is 15.2 Å². The maximum atomic E-state index is 2.28. The standard InChI is InChI=1S/C12H12I/c1-2-13-12-9-5-7-10-6-3-4-8-11(10)12/h3-9H,2H2,1H3/q+1. The number of alkyl halides is 1. The summed E-state index contributed by atoms with van der Waals surface area (Å²) in [6.45, 7) is 2.27. The van der Waals surface area contributed by atoms with E-state index in [-0.39, 0.29) is 21.2 Å². The first-order valence-corrected chi connectivity index (χ1v) is 7.09. The van der Waals surface area contributed by atoms with Crippen molar-refractivity contribution in [3.05, 3.63) is 46.0 Å². The Balaban J connectivity index is 2.61. The molecule has 0 aliphatic carbocycles. The average molecular weight is 283 g/mol. The van der Waals surface area contributed by atoms with Crippen molar-refractivity contribution in [2.75, 3.05) is 4.43 Å². The second-order valence-corrected chi connectivity index (χ2v) is 6.31. The van der Waals surface area contributed by atoms with Gasteiger partial charge in [-0.05, 0) is 24.4 Å². The normalized spacial score (nSPS) is 10.5. The number of hydrogen-bond acceptors (Lipinski definition) is 0. The molecule has 0 aliphatic rings. The van der Waals surface area contributed by atoms with Crippen LogP contribution in [0.2, 0.25) is 0 Å². The molecular formula is C12H12I+. The zero-order valence-corrected chi connectivity index (χ0v) is 9.78. The van der Waals surface area contributed by atoms with Crippen molar-refractivity contribution in [2.24, 2.45) is 0 Å². The van der Waals surface area contributed by atoms with E-state index in [0.717, 1.165) is 0 Å². The second kappa shape index (κ2) is 4.09. The predicted molar refractivity (Wildman–Crippen MR) is 53.2 cm³/mol. The lowest BCUT2D eigenvalue weighted by Crippen LogP contribution is -3.62. The molecule has 0 spiro atoms. The fourth-order valence-electron chi connectivity index (χ4n) is 1.45. The quantitative estimate of drug-likeness (QED) is 0.542. The molecule has 0 unspecified atom stereocenters. The summed E-state index contributed by atoms with van der Waals surface area (Å²) >= 11 is 0.228. The van der Waals surface area contributed by atoms with E-state index in [2.05, 4.69) is 49.4 Å². The van der Waals surface area contributed by atoms with Crippen molar-refractivity contribution in [3.63, 3.8) is 0 Å². The first kappa shape index (κ1) is 9.00. The number of benzene rings is 2. The van der Waals surface area contributed by atoms with Crippen LogP contribution in [0.5, 0.6) is 0 Å². The van der Waals surface area contributed by atoms with E-state index in [4.69, 9.17) is 0 Å². The summed E-state index contributed by atoms with van der Waals surface area (Å²) in [5, 5.41) is 2.84. The van der Waals surface area contributed by atoms with Gasteiger partial charge in [-0.3, -0.25) is 0 Å². The highest BCUT2D eigenvalue weighted by Crippen LogP contribution is 2.11. The third-order valence-electron chi connectivity index (χ3n) is 2.01. The number of halogens is 1. The van der Waals surface area contributed by atoms with Gasteiger partial charge in [-0.1, -0.05) is 30.3 Å². The highest BCUT2D eigenvalue weighted by Gasteiger charge is 2.11. The maximum absolute atomic E-state index is 2.28. The molecule has 66 valence electrons. The highest BCUT2D eigenvalue weighted by atomic mass is 127. The van der Waals surface area contributed by atoms with E-state index in [1.54, 1.807) is 3.57 Å². The Kier molecular flexibility index (Phi) is 2.83. The van der Waals surface area contributed by atoms with Crippen LogP contribution < -0.4 is 21.2 Å². The van der Waals surface area contributed by atoms with Gasteiger partial charge in [0.05, 0.1) is 0 Å². The van der Waals surface area contributed by atoms with Gasteiger partial charge in [0, 0.05) is 5.39 Å². The van der Waals surface area contributed by atoms with E-state index in [9.17, 15) is 0 Å². The lowest BCUT2D eigenvalue weighted by atomic mass is 10.1. The highest BCUT2D eigenvalue weighted by molar-refractivity contribution is 5.81. The van der Waals surface area contributed by atoms with Gasteiger partial charge in [-0.2, -0.15) is 0 Å². The molecular weight excluding hydrogens is 271 g/mol. The molecule has 0 saturated heterocycles. The van der Waals surface area contributed by atoms with Gasteiger partial charge in [0.1, 0.15) is 4.43 Å². The zero-order chi connectivity index (χ0) is 9.10. The molecule has 2 aromatic rings. The third-order valence-corrected chi connectivity index (χ3v) is 4.54. The van der Waals surface area contributed by atoms with E-state index in [1.807, 2.05) is 0 Å². The van der Waals surface area contributed by atoms with Crippen LogP contribution >= 0.6 is 0 Å². The fourth-order valence-corrected chi connectivity index (χ4v) is 3.63. The molecule has 0 amide bonds. The van der Waals surface area contributed by atoms with Crippen LogP contribution in [0.4, 0.5) is 0 Å². The molecule has 2 rings (SSSR count). The molecule has 13 heavy (non-hydrogen) atoms. The van der Waals surface area contributed by atoms with Crippen LogP contribution in [0.25, 0.3) is 10.8 Å². The van der Waals surface area contributed by atoms with Crippen molar-refractivity contribution in [2.45, 2.75) is 6.92 Å². The Labute approximate surface area is 89.2 Å². The third kappa shape index (κ3) is 1.85. The predicted octanol–water partition coefficient (Wildman–Crippen LogP) is 0.118. The van der Waals surface area contributed by atoms with Gasteiger partial charge >= 0.3 is 21.2 Å². The molecule has 0 fully saturated rings. The lowest BCUT2D eigenvalue weighted by molar-refractivity contribution is -0.621. The summed E-state index contributed by atoms with van der Waals surface area (Å²) in [6, 6.07) is 15.3. The summed E-state index contributed by atoms with van der Waals surface area (Å²) in [5.74, 6) is 0. The molecule has 0 saturated carbocycles. The van der Waals surface area contributed by atoms with Crippen LogP contribution in [0.15, 0.2) is 42.5 Å². The summed E-state index contributed by atoms with van der Waals surface area (Å²) < 4.78 is 2.91. The smallest absolute Gasteiger partial charge is 0.0616 e. The molecule has 0 aliphatic heterocycles. The van der Waals surface area contributed by atoms with Gasteiger partial charge in [-0.15, -0.1) is 0 Å². The molecule has 0 radical (unpaired) electrons. The van der Waals surface area contributed by atoms with Gasteiger partial charge in [0.2, 0.25) is 0 Å². The van der Waals surface area contributed by atoms with Crippen molar-refractivity contribution in [3.8, 4) is 0 Å². The van der Waals surface area contributed by atoms with E-state index in [0.29, 0.717) is 0 Å². The first-order valence-electron chi connectivity index (χ1n) is 4.48. The van der Waals surface area contributed by atoms with Gasteiger partial charge in [0.15, 0.2) is 3.57 Å². The van der Waals surface area contributed by atoms with Crippen LogP contribution in [0.1, 0.15) is 6.92 Å². The van der Waals surface area contributed by atoms with E-state index < -0.39 is 0 Å². The largest absolute Gasteiger partial charge is 0.313 e. The molecule has 0 aromatic heterocycles. The van der Waals surface area contributed by atoms with E-state index >= 15 is 0 Å². The summed E-state index contributed by atoms with van der Waals surface area (Å²) in [6.07, 6.45) is 0. The molecule has 0 bridgehead atoms. The van der Waals surface area contributed by atoms with Gasteiger partial charge < -0.3 is 0 Å². The summed E-state index contributed by atoms with van der Waals surface area (Å²) in [5.41, 5.74) is 0. The van der Waals surface area contributed by atoms with Crippen molar-refractivity contribution in [1.29, 1.82) is 0 Å². The SMILES string of the molecule is CC[I+]c1cccc2ccccc12. The summed E-state index contributed by atoms with van der Waals surface area (Å²) in [4.78, 5) is 0. The minimum atomic E-state index is 0.228. The minimum Gasteiger partial charge on any atom is -0.0616 e. The Morgan fingerprint density at radius 3 is 2.62 bits per heavy atom. The Bertz CT molecular complexity index is 401. The van der Waals surface area contributed by atoms with Crippen molar-refractivity contribution >= 4 is 10.8 Å². The topological polar surface area (TPSA) is 0 Å². The zero-order valence-electron chi connectivity index (χ0n) is 7.63. The molecule has 1 heteroatoms. The Hall–Kier alpha value is -0.570. The minimum absolute atomic E-state index is 0.228. The lowest BCUT2D eigenvalue weighted by Gasteiger charge is -1.95. The number of hydrogen-bond donors (Lipinski definition) is 0. The first-order chi connectivity index (χ1) is 6.42. The number of fused-ring (bicyclic) bond motifs is 1. The van der Waals surface area contributed by atoms with Gasteiger partial charge in [-0.25, -0.2) is 0 Å². The Morgan fingerprint density at radius 1 is 1.00 bits per heavy atom. The molecule has 0 atom stereocenters. The average Bonchev–Trinajstić information content (AvgIpc) is 2.19. The molecule has 0 nitrogen and oxygen atoms in total. The Morgan fingerprint density at radius 2 is 1.77 bits per heavy atom. The number of rotatable bonds is 2. The molecule has 0 N–H and O–H groups in total. The molecule has 2 aromatic carbocycles. The summed E-state index contributed by atoms with van der Waals surface area (Å²) in [7, 11) is 0. The van der Waals surface area contributed by atoms with Crippen LogP contribution in [-0.2, 0) is 0 Å².